The van der Waals surface area contributed by atoms with Gasteiger partial charge in [-0.05, 0) is 109 Å². The molecule has 0 aliphatic heterocycles. The van der Waals surface area contributed by atoms with Crippen LogP contribution >= 0.6 is 7.82 Å². The third-order valence-corrected chi connectivity index (χ3v) is 11.5. The first-order valence-electron chi connectivity index (χ1n) is 27.2. The van der Waals surface area contributed by atoms with E-state index in [0.29, 0.717) is 23.9 Å². The number of hydrogen-bond acceptors (Lipinski definition) is 8. The molecule has 0 fully saturated rings. The smallest absolute Gasteiger partial charge is 0.306 e. The fourth-order valence-corrected chi connectivity index (χ4v) is 7.15. The number of nitrogens with zero attached hydrogens (tertiary/aromatic N) is 1. The molecule has 2 atom stereocenters. The lowest BCUT2D eigenvalue weighted by Gasteiger charge is -2.28. The summed E-state index contributed by atoms with van der Waals surface area (Å²) in [6.45, 7) is 3.86. The van der Waals surface area contributed by atoms with Crippen molar-refractivity contribution in [3.8, 4) is 0 Å². The number of allylic oxidation sites excluding steroid dienone is 26. The Hall–Kier alpha value is -4.37. The molecule has 9 nitrogen and oxygen atoms in total. The lowest BCUT2D eigenvalue weighted by atomic mass is 10.1. The summed E-state index contributed by atoms with van der Waals surface area (Å²) in [6, 6.07) is 0. The van der Waals surface area contributed by atoms with Crippen LogP contribution in [0, 0.1) is 0 Å². The number of esters is 2. The predicted octanol–water partition coefficient (Wildman–Crippen LogP) is 16.3. The number of carbonyl (C=O) groups is 2. The van der Waals surface area contributed by atoms with Crippen LogP contribution in [-0.4, -0.2) is 70.0 Å². The Bertz CT molecular complexity index is 1770. The van der Waals surface area contributed by atoms with E-state index in [9.17, 15) is 19.0 Å². The number of quaternary nitrogens is 1. The number of ether oxygens (including phenoxy) is 2. The highest BCUT2D eigenvalue weighted by molar-refractivity contribution is 7.45. The monoisotopic (exact) mass is 1020 g/mol. The lowest BCUT2D eigenvalue weighted by molar-refractivity contribution is -0.870. The SMILES string of the molecule is CC/C=C\C/C=C\C/C=C\C/C=C\C/C=C\C/C=C\C/C=C\C/C=C\C/C=C\CCCCCCCCCC(=O)OC(COC(=O)CC/C=C\C/C=C\C/C=C\C/C=C\CC)COP(=O)([O-])OCC[N+](C)(C)C. The minimum absolute atomic E-state index is 0.0529. The number of hydrogen-bond donors (Lipinski definition) is 0. The molecular weight excluding hydrogens is 918 g/mol. The predicted molar refractivity (Wildman–Crippen MR) is 304 cm³/mol. The third kappa shape index (κ3) is 55.0. The molecule has 404 valence electrons. The highest BCUT2D eigenvalue weighted by atomic mass is 31.2. The topological polar surface area (TPSA) is 111 Å². The van der Waals surface area contributed by atoms with Gasteiger partial charge in [-0.15, -0.1) is 0 Å². The zero-order valence-electron chi connectivity index (χ0n) is 45.5. The van der Waals surface area contributed by atoms with Crippen molar-refractivity contribution in [2.75, 3.05) is 47.5 Å². The van der Waals surface area contributed by atoms with Crippen molar-refractivity contribution < 1.29 is 42.1 Å². The van der Waals surface area contributed by atoms with Gasteiger partial charge in [-0.25, -0.2) is 0 Å². The van der Waals surface area contributed by atoms with Crippen LogP contribution in [0.25, 0.3) is 0 Å². The van der Waals surface area contributed by atoms with Crippen LogP contribution < -0.4 is 4.89 Å². The second kappa shape index (κ2) is 51.5. The maximum absolute atomic E-state index is 12.8. The molecule has 2 unspecified atom stereocenters. The van der Waals surface area contributed by atoms with Gasteiger partial charge < -0.3 is 27.9 Å². The number of phosphoric ester groups is 1. The van der Waals surface area contributed by atoms with Gasteiger partial charge in [0, 0.05) is 12.8 Å². The number of unbranched alkanes of at least 4 members (excludes halogenated alkanes) is 7. The second-order valence-electron chi connectivity index (χ2n) is 18.5. The summed E-state index contributed by atoms with van der Waals surface area (Å²) in [4.78, 5) is 37.7. The minimum Gasteiger partial charge on any atom is -0.756 e. The second-order valence-corrected chi connectivity index (χ2v) is 19.9. The van der Waals surface area contributed by atoms with Crippen molar-refractivity contribution in [3.05, 3.63) is 158 Å². The van der Waals surface area contributed by atoms with E-state index in [2.05, 4.69) is 160 Å². The Morgan fingerprint density at radius 1 is 0.431 bits per heavy atom. The van der Waals surface area contributed by atoms with Crippen molar-refractivity contribution in [2.24, 2.45) is 0 Å². The van der Waals surface area contributed by atoms with E-state index in [0.717, 1.165) is 116 Å². The van der Waals surface area contributed by atoms with Gasteiger partial charge in [0.1, 0.15) is 19.8 Å². The number of rotatable bonds is 47. The molecule has 0 aromatic carbocycles. The van der Waals surface area contributed by atoms with Gasteiger partial charge >= 0.3 is 11.9 Å². The van der Waals surface area contributed by atoms with Gasteiger partial charge in [0.05, 0.1) is 27.7 Å². The Kier molecular flexibility index (Phi) is 48.4. The van der Waals surface area contributed by atoms with E-state index in [1.54, 1.807) is 0 Å². The van der Waals surface area contributed by atoms with Crippen LogP contribution in [0.1, 0.15) is 168 Å². The summed E-state index contributed by atoms with van der Waals surface area (Å²) in [5, 5.41) is 0. The number of phosphoric acid groups is 1. The molecule has 0 aromatic rings. The summed E-state index contributed by atoms with van der Waals surface area (Å²) in [5.74, 6) is -0.958. The molecule has 0 amide bonds. The van der Waals surface area contributed by atoms with Crippen LogP contribution in [0.15, 0.2) is 158 Å². The quantitative estimate of drug-likeness (QED) is 0.0195. The van der Waals surface area contributed by atoms with Gasteiger partial charge in [-0.1, -0.05) is 204 Å². The standard InChI is InChI=1S/C62H98NO8P/c1-6-8-10-12-14-16-18-20-21-22-23-24-25-26-27-28-29-30-31-32-33-34-35-36-37-38-39-40-41-43-45-47-49-51-53-55-62(65)71-60(59-70-72(66,67)69-57-56-63(3,4)5)58-68-61(64)54-52-50-48-46-44-42-19-17-15-13-11-9-7-2/h8-11,14-17,20-21,23-24,26-27,29-30,32-33,35-36,38-39,42,44,48,50,60H,6-7,12-13,18-19,22,25,28,31,34,37,40-41,43,45-47,49,51-59H2,1-5H3/b10-8-,11-9-,16-14-,17-15-,21-20-,24-23-,27-26-,30-29-,33-32-,36-35-,39-38-,44-42-,50-48-. The average Bonchev–Trinajstić information content (AvgIpc) is 3.34. The summed E-state index contributed by atoms with van der Waals surface area (Å²) < 4.78 is 33.9. The number of likely N-dealkylation sites (N-methyl/N-ethyl adjacent to an activating group) is 1. The zero-order valence-corrected chi connectivity index (χ0v) is 46.4. The molecule has 0 aliphatic rings. The van der Waals surface area contributed by atoms with E-state index in [1.807, 2.05) is 33.3 Å². The Labute approximate surface area is 439 Å². The summed E-state index contributed by atoms with van der Waals surface area (Å²) in [5.41, 5.74) is 0. The summed E-state index contributed by atoms with van der Waals surface area (Å²) >= 11 is 0. The van der Waals surface area contributed by atoms with E-state index in [1.165, 1.54) is 12.8 Å². The molecule has 10 heteroatoms. The third-order valence-electron chi connectivity index (χ3n) is 10.6. The highest BCUT2D eigenvalue weighted by Crippen LogP contribution is 2.38. The fraction of sp³-hybridized carbons (Fsp3) is 0.548. The average molecular weight is 1020 g/mol. The minimum atomic E-state index is -4.66. The molecule has 0 bridgehead atoms. The maximum atomic E-state index is 12.8. The maximum Gasteiger partial charge on any atom is 0.306 e. The van der Waals surface area contributed by atoms with E-state index in [4.69, 9.17) is 18.5 Å². The van der Waals surface area contributed by atoms with Crippen molar-refractivity contribution in [1.82, 2.24) is 0 Å². The first kappa shape index (κ1) is 67.6. The Balaban J connectivity index is 4.24. The largest absolute Gasteiger partial charge is 0.756 e. The molecule has 0 saturated heterocycles. The van der Waals surface area contributed by atoms with Crippen LogP contribution in [-0.2, 0) is 32.7 Å². The van der Waals surface area contributed by atoms with E-state index >= 15 is 0 Å². The highest BCUT2D eigenvalue weighted by Gasteiger charge is 2.21. The van der Waals surface area contributed by atoms with Crippen molar-refractivity contribution in [3.63, 3.8) is 0 Å². The first-order valence-corrected chi connectivity index (χ1v) is 28.7. The van der Waals surface area contributed by atoms with Crippen LogP contribution in [0.5, 0.6) is 0 Å². The van der Waals surface area contributed by atoms with Crippen LogP contribution in [0.2, 0.25) is 0 Å². The lowest BCUT2D eigenvalue weighted by Crippen LogP contribution is -2.37. The fourth-order valence-electron chi connectivity index (χ4n) is 6.42. The van der Waals surface area contributed by atoms with Crippen molar-refractivity contribution in [1.29, 1.82) is 0 Å². The van der Waals surface area contributed by atoms with Gasteiger partial charge in [0.2, 0.25) is 0 Å². The molecule has 0 rings (SSSR count). The van der Waals surface area contributed by atoms with Crippen LogP contribution in [0.4, 0.5) is 0 Å². The first-order chi connectivity index (χ1) is 35.0. The Morgan fingerprint density at radius 2 is 0.778 bits per heavy atom. The van der Waals surface area contributed by atoms with Crippen molar-refractivity contribution >= 4 is 19.8 Å². The normalized spacial score (nSPS) is 14.6. The Morgan fingerprint density at radius 3 is 1.17 bits per heavy atom. The van der Waals surface area contributed by atoms with Crippen LogP contribution in [0.3, 0.4) is 0 Å². The summed E-state index contributed by atoms with van der Waals surface area (Å²) in [7, 11) is 1.09. The number of carbonyl (C=O) groups excluding carboxylic acids is 2. The van der Waals surface area contributed by atoms with E-state index < -0.39 is 32.5 Å². The molecule has 72 heavy (non-hydrogen) atoms. The molecule has 0 saturated carbocycles. The van der Waals surface area contributed by atoms with Crippen molar-refractivity contribution in [2.45, 2.75) is 174 Å². The molecule has 0 aromatic heterocycles. The molecule has 0 heterocycles. The van der Waals surface area contributed by atoms with Gasteiger partial charge in [-0.2, -0.15) is 0 Å². The molecule has 0 aliphatic carbocycles. The van der Waals surface area contributed by atoms with Gasteiger partial charge in [-0.3, -0.25) is 14.2 Å². The summed E-state index contributed by atoms with van der Waals surface area (Å²) in [6.07, 6.45) is 77.4. The van der Waals surface area contributed by atoms with E-state index in [-0.39, 0.29) is 26.1 Å². The molecule has 0 N–H and O–H groups in total. The molecule has 0 spiro atoms. The molecule has 0 radical (unpaired) electrons. The zero-order chi connectivity index (χ0) is 52.7. The van der Waals surface area contributed by atoms with Gasteiger partial charge in [0.15, 0.2) is 6.10 Å². The van der Waals surface area contributed by atoms with Gasteiger partial charge in [0.25, 0.3) is 7.82 Å². The molecular formula is C62H98NO8P.